The predicted molar refractivity (Wildman–Crippen MR) is 139 cm³/mol. The lowest BCUT2D eigenvalue weighted by molar-refractivity contribution is 0.100. The second-order valence-electron chi connectivity index (χ2n) is 11.7. The lowest BCUT2D eigenvalue weighted by atomic mass is 9.96. The molecule has 4 atom stereocenters. The highest BCUT2D eigenvalue weighted by atomic mass is 29.6. The van der Waals surface area contributed by atoms with Gasteiger partial charge in [0.05, 0.1) is 45.7 Å². The Labute approximate surface area is 196 Å². The molecule has 2 aromatic rings. The van der Waals surface area contributed by atoms with E-state index in [9.17, 15) is 0 Å². The summed E-state index contributed by atoms with van der Waals surface area (Å²) in [5.74, 6) is 0. The van der Waals surface area contributed by atoms with E-state index >= 15 is 0 Å². The maximum Gasteiger partial charge on any atom is 0.172 e. The van der Waals surface area contributed by atoms with Crippen molar-refractivity contribution < 1.29 is 13.9 Å². The molecule has 3 saturated heterocycles. The van der Waals surface area contributed by atoms with Crippen molar-refractivity contribution in [3.8, 4) is 0 Å². The molecule has 0 spiro atoms. The average Bonchev–Trinajstić information content (AvgIpc) is 3.65. The fourth-order valence-electron chi connectivity index (χ4n) is 5.81. The molecule has 0 aliphatic carbocycles. The molecule has 0 aromatic heterocycles. The smallest absolute Gasteiger partial charge is 0.172 e. The van der Waals surface area contributed by atoms with Crippen molar-refractivity contribution in [3.05, 3.63) is 65.2 Å². The topological polar surface area (TPSA) is 34.3 Å². The number of epoxide rings is 2. The van der Waals surface area contributed by atoms with Gasteiger partial charge >= 0.3 is 0 Å². The van der Waals surface area contributed by atoms with Gasteiger partial charge in [0, 0.05) is 12.8 Å². The highest BCUT2D eigenvalue weighted by molar-refractivity contribution is 7.70. The van der Waals surface area contributed by atoms with Gasteiger partial charge in [0.15, 0.2) is 7.83 Å². The molecular formula is C26H38O3Si3. The van der Waals surface area contributed by atoms with Crippen LogP contribution in [-0.4, -0.2) is 48.0 Å². The van der Waals surface area contributed by atoms with Gasteiger partial charge in [-0.15, -0.1) is 0 Å². The van der Waals surface area contributed by atoms with E-state index in [2.05, 4.69) is 88.2 Å². The summed E-state index contributed by atoms with van der Waals surface area (Å²) in [5, 5.41) is 1.63. The molecule has 0 amide bonds. The van der Waals surface area contributed by atoms with Crippen molar-refractivity contribution in [2.24, 2.45) is 0 Å². The maximum absolute atomic E-state index is 7.19. The van der Waals surface area contributed by atoms with Crippen molar-refractivity contribution in [3.63, 3.8) is 0 Å². The van der Waals surface area contributed by atoms with E-state index in [0.717, 1.165) is 26.1 Å². The van der Waals surface area contributed by atoms with Gasteiger partial charge in [-0.2, -0.15) is 0 Å². The van der Waals surface area contributed by atoms with E-state index in [4.69, 9.17) is 13.9 Å². The van der Waals surface area contributed by atoms with Crippen LogP contribution in [0.4, 0.5) is 0 Å². The van der Waals surface area contributed by atoms with Crippen LogP contribution in [0.2, 0.25) is 38.8 Å². The number of ether oxygens (including phenoxy) is 2. The number of benzene rings is 2. The monoisotopic (exact) mass is 482 g/mol. The Morgan fingerprint density at radius 1 is 0.781 bits per heavy atom. The minimum Gasteiger partial charge on any atom is -0.411 e. The Bertz CT molecular complexity index is 980. The highest BCUT2D eigenvalue weighted by Crippen LogP contribution is 2.48. The summed E-state index contributed by atoms with van der Waals surface area (Å²) in [5.41, 5.74) is 3.94. The van der Waals surface area contributed by atoms with Crippen LogP contribution < -0.4 is 5.19 Å². The molecule has 32 heavy (non-hydrogen) atoms. The molecule has 2 aromatic carbocycles. The summed E-state index contributed by atoms with van der Waals surface area (Å²) in [7, 11) is -5.18. The van der Waals surface area contributed by atoms with Crippen molar-refractivity contribution in [1.82, 2.24) is 0 Å². The molecule has 4 unspecified atom stereocenters. The number of rotatable bonds is 6. The SMILES string of the molecule is CC1(c2ccc(CC3CO3)cc2)C[Si](C)(c2ccc(CC3CO3)cc2)[Si](C)(C)[Si](C)(C)O1. The summed E-state index contributed by atoms with van der Waals surface area (Å²) in [6.45, 7) is 17.2. The molecule has 0 N–H and O–H groups in total. The van der Waals surface area contributed by atoms with Crippen molar-refractivity contribution in [2.75, 3.05) is 13.2 Å². The van der Waals surface area contributed by atoms with E-state index < -0.39 is 22.5 Å². The molecule has 3 aliphatic rings. The third-order valence-electron chi connectivity index (χ3n) is 8.94. The molecule has 3 aliphatic heterocycles. The van der Waals surface area contributed by atoms with Crippen LogP contribution in [-0.2, 0) is 32.3 Å². The maximum atomic E-state index is 7.19. The standard InChI is InChI=1S/C26H38O3Si3/c1-26(22-11-7-20(8-12-22)15-23-17-27-23)19-32(6,31(4,5)30(2,3)29-26)25-13-9-21(10-14-25)16-24-18-28-24/h7-14,23-24H,15-19H2,1-6H3. The number of hydrogen-bond acceptors (Lipinski definition) is 3. The third kappa shape index (κ3) is 4.03. The summed E-state index contributed by atoms with van der Waals surface area (Å²) in [4.78, 5) is 0. The Morgan fingerprint density at radius 3 is 1.72 bits per heavy atom. The molecule has 3 heterocycles. The van der Waals surface area contributed by atoms with E-state index in [1.54, 1.807) is 5.19 Å². The van der Waals surface area contributed by atoms with E-state index in [1.807, 2.05) is 0 Å². The Kier molecular flexibility index (Phi) is 5.51. The van der Waals surface area contributed by atoms with Gasteiger partial charge in [0.25, 0.3) is 0 Å². The Morgan fingerprint density at radius 2 is 1.25 bits per heavy atom. The van der Waals surface area contributed by atoms with Gasteiger partial charge in [-0.1, -0.05) is 73.4 Å². The van der Waals surface area contributed by atoms with Gasteiger partial charge in [0.2, 0.25) is 0 Å². The summed E-state index contributed by atoms with van der Waals surface area (Å²) >= 11 is 0. The summed E-state index contributed by atoms with van der Waals surface area (Å²) in [6, 6.07) is 20.1. The highest BCUT2D eigenvalue weighted by Gasteiger charge is 2.64. The second kappa shape index (κ2) is 7.75. The quantitative estimate of drug-likeness (QED) is 0.435. The molecular weight excluding hydrogens is 445 g/mol. The van der Waals surface area contributed by atoms with Crippen LogP contribution in [0.15, 0.2) is 48.5 Å². The number of hydrogen-bond donors (Lipinski definition) is 0. The molecule has 6 heteroatoms. The molecule has 3 fully saturated rings. The average molecular weight is 483 g/mol. The summed E-state index contributed by atoms with van der Waals surface area (Å²) < 4.78 is 18.1. The fourth-order valence-corrected chi connectivity index (χ4v) is 37.7. The first-order valence-electron chi connectivity index (χ1n) is 12.1. The largest absolute Gasteiger partial charge is 0.411 e. The van der Waals surface area contributed by atoms with E-state index in [0.29, 0.717) is 12.2 Å². The van der Waals surface area contributed by atoms with E-state index in [1.165, 1.54) is 22.7 Å². The molecule has 0 bridgehead atoms. The van der Waals surface area contributed by atoms with Gasteiger partial charge in [0.1, 0.15) is 0 Å². The Balaban J connectivity index is 1.47. The lowest BCUT2D eigenvalue weighted by Crippen LogP contribution is -2.82. The van der Waals surface area contributed by atoms with Crippen LogP contribution in [0.25, 0.3) is 0 Å². The lowest BCUT2D eigenvalue weighted by Gasteiger charge is -2.60. The molecule has 3 nitrogen and oxygen atoms in total. The van der Waals surface area contributed by atoms with Crippen LogP contribution in [0.3, 0.4) is 0 Å². The Hall–Kier alpha value is -1.03. The van der Waals surface area contributed by atoms with Crippen LogP contribution in [0, 0.1) is 0 Å². The van der Waals surface area contributed by atoms with Crippen molar-refractivity contribution >= 4 is 27.7 Å². The first kappa shape index (κ1) is 22.7. The van der Waals surface area contributed by atoms with Gasteiger partial charge in [-0.25, -0.2) is 0 Å². The molecule has 172 valence electrons. The van der Waals surface area contributed by atoms with Gasteiger partial charge in [-0.05, 0) is 42.8 Å². The molecule has 5 rings (SSSR count). The minimum absolute atomic E-state index is 0.200. The zero-order valence-corrected chi connectivity index (χ0v) is 23.5. The first-order valence-corrected chi connectivity index (χ1v) is 22.8. The zero-order valence-electron chi connectivity index (χ0n) is 20.5. The zero-order chi connectivity index (χ0) is 22.8. The van der Waals surface area contributed by atoms with Crippen molar-refractivity contribution in [1.29, 1.82) is 0 Å². The fraction of sp³-hybridized carbons (Fsp3) is 0.538. The normalized spacial score (nSPS) is 34.8. The van der Waals surface area contributed by atoms with Gasteiger partial charge in [-0.3, -0.25) is 0 Å². The second-order valence-corrected chi connectivity index (χ2v) is 37.7. The van der Waals surface area contributed by atoms with Crippen LogP contribution in [0.1, 0.15) is 23.6 Å². The minimum atomic E-state index is -1.85. The van der Waals surface area contributed by atoms with Crippen LogP contribution >= 0.6 is 0 Å². The van der Waals surface area contributed by atoms with Crippen molar-refractivity contribution in [2.45, 2.75) is 76.4 Å². The third-order valence-corrected chi connectivity index (χ3v) is 48.1. The predicted octanol–water partition coefficient (Wildman–Crippen LogP) is 4.87. The van der Waals surface area contributed by atoms with Crippen LogP contribution in [0.5, 0.6) is 0 Å². The first-order chi connectivity index (χ1) is 15.0. The summed E-state index contributed by atoms with van der Waals surface area (Å²) in [6.07, 6.45) is 2.97. The molecule has 0 radical (unpaired) electrons. The van der Waals surface area contributed by atoms with E-state index in [-0.39, 0.29) is 5.60 Å². The van der Waals surface area contributed by atoms with Gasteiger partial charge < -0.3 is 13.9 Å². The molecule has 0 saturated carbocycles.